The molecule has 0 atom stereocenters. The molecule has 0 radical (unpaired) electrons. The fourth-order valence-corrected chi connectivity index (χ4v) is 1.38. The van der Waals surface area contributed by atoms with Crippen molar-refractivity contribution < 1.29 is 14.8 Å². The molecule has 18 heavy (non-hydrogen) atoms. The number of aliphatic hydroxyl groups is 1. The number of hydrogen-bond donors (Lipinski definition) is 2. The molecule has 0 aromatic carbocycles. The predicted molar refractivity (Wildman–Crippen MR) is 65.3 cm³/mol. The molecule has 100 valence electrons. The second kappa shape index (κ2) is 5.18. The topological polar surface area (TPSA) is 97.4 Å². The molecule has 7 nitrogen and oxygen atoms in total. The fraction of sp³-hybridized carbons (Fsp3) is 0.545. The largest absolute Gasteiger partial charge is 0.396 e. The Labute approximate surface area is 105 Å². The molecule has 0 aliphatic rings. The van der Waals surface area contributed by atoms with Gasteiger partial charge in [-0.25, -0.2) is 4.57 Å². The van der Waals surface area contributed by atoms with Gasteiger partial charge in [-0.3, -0.25) is 4.79 Å². The van der Waals surface area contributed by atoms with Crippen LogP contribution in [0.3, 0.4) is 0 Å². The van der Waals surface area contributed by atoms with E-state index in [-0.39, 0.29) is 18.1 Å². The molecule has 1 amide bonds. The van der Waals surface area contributed by atoms with Crippen molar-refractivity contribution in [2.24, 2.45) is 12.5 Å². The number of aliphatic hydroxyl groups excluding tert-OH is 1. The lowest BCUT2D eigenvalue weighted by molar-refractivity contribution is -0.391. The molecule has 0 saturated carbocycles. The fourth-order valence-electron chi connectivity index (χ4n) is 1.38. The standard InChI is InChI=1S/C11H17N3O4/c1-11(2,7-15)6-12-10(16)8-4-5-9(13(8)3)14(17)18/h4-5,15H,6-7H2,1-3H3,(H,12,16). The third kappa shape index (κ3) is 3.07. The van der Waals surface area contributed by atoms with Crippen LogP contribution in [0.2, 0.25) is 0 Å². The summed E-state index contributed by atoms with van der Waals surface area (Å²) >= 11 is 0. The van der Waals surface area contributed by atoms with Gasteiger partial charge >= 0.3 is 5.82 Å². The number of nitrogens with one attached hydrogen (secondary N) is 1. The first kappa shape index (κ1) is 14.2. The highest BCUT2D eigenvalue weighted by molar-refractivity contribution is 5.93. The third-order valence-corrected chi connectivity index (χ3v) is 2.67. The number of nitrogens with zero attached hydrogens (tertiary/aromatic N) is 2. The molecule has 1 rings (SSSR count). The van der Waals surface area contributed by atoms with E-state index in [1.54, 1.807) is 13.8 Å². The van der Waals surface area contributed by atoms with E-state index >= 15 is 0 Å². The quantitative estimate of drug-likeness (QED) is 0.597. The molecule has 0 fully saturated rings. The monoisotopic (exact) mass is 255 g/mol. The smallest absolute Gasteiger partial charge is 0.323 e. The minimum absolute atomic E-state index is 0.0550. The first-order chi connectivity index (χ1) is 8.28. The summed E-state index contributed by atoms with van der Waals surface area (Å²) in [6.45, 7) is 3.85. The number of hydrogen-bond acceptors (Lipinski definition) is 4. The highest BCUT2D eigenvalue weighted by Crippen LogP contribution is 2.16. The Balaban J connectivity index is 2.77. The number of carbonyl (C=O) groups excluding carboxylic acids is 1. The highest BCUT2D eigenvalue weighted by Gasteiger charge is 2.23. The lowest BCUT2D eigenvalue weighted by atomic mass is 9.95. The lowest BCUT2D eigenvalue weighted by Crippen LogP contribution is -2.36. The Bertz CT molecular complexity index is 465. The number of rotatable bonds is 5. The molecule has 0 saturated heterocycles. The van der Waals surface area contributed by atoms with Crippen LogP contribution in [-0.2, 0) is 7.05 Å². The molecule has 0 unspecified atom stereocenters. The number of nitro groups is 1. The van der Waals surface area contributed by atoms with Gasteiger partial charge in [-0.1, -0.05) is 13.8 Å². The molecule has 1 aromatic rings. The summed E-state index contributed by atoms with van der Waals surface area (Å²) in [5, 5.41) is 22.3. The number of amides is 1. The van der Waals surface area contributed by atoms with Crippen molar-refractivity contribution in [2.45, 2.75) is 13.8 Å². The van der Waals surface area contributed by atoms with Gasteiger partial charge in [0, 0.05) is 24.6 Å². The van der Waals surface area contributed by atoms with E-state index in [1.807, 2.05) is 0 Å². The normalized spacial score (nSPS) is 11.3. The Kier molecular flexibility index (Phi) is 4.07. The molecular weight excluding hydrogens is 238 g/mol. The van der Waals surface area contributed by atoms with Crippen molar-refractivity contribution in [3.05, 3.63) is 27.9 Å². The molecule has 2 N–H and O–H groups in total. The SMILES string of the molecule is Cn1c(C(=O)NCC(C)(C)CO)ccc1[N+](=O)[O-]. The maximum absolute atomic E-state index is 11.8. The zero-order valence-corrected chi connectivity index (χ0v) is 10.6. The Morgan fingerprint density at radius 2 is 2.17 bits per heavy atom. The summed E-state index contributed by atoms with van der Waals surface area (Å²) in [5.74, 6) is -0.534. The van der Waals surface area contributed by atoms with Crippen molar-refractivity contribution in [1.82, 2.24) is 9.88 Å². The van der Waals surface area contributed by atoms with Crippen LogP contribution in [0.4, 0.5) is 5.82 Å². The van der Waals surface area contributed by atoms with Gasteiger partial charge in [-0.05, 0) is 11.0 Å². The predicted octanol–water partition coefficient (Wildman–Crippen LogP) is 0.682. The molecular formula is C11H17N3O4. The molecule has 0 spiro atoms. The average Bonchev–Trinajstić information content (AvgIpc) is 2.68. The van der Waals surface area contributed by atoms with Crippen LogP contribution in [0.15, 0.2) is 12.1 Å². The number of carbonyl (C=O) groups is 1. The zero-order valence-electron chi connectivity index (χ0n) is 10.6. The lowest BCUT2D eigenvalue weighted by Gasteiger charge is -2.21. The summed E-state index contributed by atoms with van der Waals surface area (Å²) in [6.07, 6.45) is 0. The first-order valence-corrected chi connectivity index (χ1v) is 5.47. The van der Waals surface area contributed by atoms with Crippen LogP contribution < -0.4 is 5.32 Å². The van der Waals surface area contributed by atoms with Gasteiger partial charge in [0.2, 0.25) is 0 Å². The maximum atomic E-state index is 11.8. The van der Waals surface area contributed by atoms with Gasteiger partial charge in [0.25, 0.3) is 5.91 Å². The molecule has 0 aliphatic carbocycles. The van der Waals surface area contributed by atoms with E-state index in [0.717, 1.165) is 0 Å². The first-order valence-electron chi connectivity index (χ1n) is 5.47. The summed E-state index contributed by atoms with van der Waals surface area (Å²) in [6, 6.07) is 2.69. The van der Waals surface area contributed by atoms with Crippen LogP contribution >= 0.6 is 0 Å². The van der Waals surface area contributed by atoms with Gasteiger partial charge in [0.05, 0.1) is 7.05 Å². The van der Waals surface area contributed by atoms with E-state index in [9.17, 15) is 14.9 Å². The third-order valence-electron chi connectivity index (χ3n) is 2.67. The van der Waals surface area contributed by atoms with Gasteiger partial charge in [-0.15, -0.1) is 0 Å². The number of aromatic nitrogens is 1. The molecule has 0 bridgehead atoms. The average molecular weight is 255 g/mol. The molecule has 1 aromatic heterocycles. The summed E-state index contributed by atoms with van der Waals surface area (Å²) in [7, 11) is 1.46. The van der Waals surface area contributed by atoms with Crippen LogP contribution in [-0.4, -0.2) is 33.7 Å². The van der Waals surface area contributed by atoms with Crippen molar-refractivity contribution in [1.29, 1.82) is 0 Å². The van der Waals surface area contributed by atoms with Gasteiger partial charge in [0.1, 0.15) is 0 Å². The maximum Gasteiger partial charge on any atom is 0.323 e. The van der Waals surface area contributed by atoms with Crippen LogP contribution in [0.5, 0.6) is 0 Å². The van der Waals surface area contributed by atoms with E-state index in [1.165, 1.54) is 23.7 Å². The second-order valence-electron chi connectivity index (χ2n) is 4.90. The summed E-state index contributed by atoms with van der Waals surface area (Å²) in [5.41, 5.74) is -0.206. The van der Waals surface area contributed by atoms with E-state index < -0.39 is 16.2 Å². The summed E-state index contributed by atoms with van der Waals surface area (Å²) < 4.78 is 1.22. The minimum atomic E-state index is -0.547. The Hall–Kier alpha value is -1.89. The van der Waals surface area contributed by atoms with Crippen LogP contribution in [0.25, 0.3) is 0 Å². The molecule has 0 aliphatic heterocycles. The van der Waals surface area contributed by atoms with Crippen molar-refractivity contribution in [3.8, 4) is 0 Å². The van der Waals surface area contributed by atoms with Gasteiger partial charge < -0.3 is 20.5 Å². The minimum Gasteiger partial charge on any atom is -0.396 e. The van der Waals surface area contributed by atoms with Crippen molar-refractivity contribution in [2.75, 3.05) is 13.2 Å². The highest BCUT2D eigenvalue weighted by atomic mass is 16.6. The Morgan fingerprint density at radius 1 is 1.56 bits per heavy atom. The van der Waals surface area contributed by atoms with Crippen molar-refractivity contribution in [3.63, 3.8) is 0 Å². The van der Waals surface area contributed by atoms with Crippen molar-refractivity contribution >= 4 is 11.7 Å². The molecule has 1 heterocycles. The van der Waals surface area contributed by atoms with E-state index in [0.29, 0.717) is 6.54 Å². The second-order valence-corrected chi connectivity index (χ2v) is 4.90. The van der Waals surface area contributed by atoms with Crippen LogP contribution in [0.1, 0.15) is 24.3 Å². The van der Waals surface area contributed by atoms with Gasteiger partial charge in [0.15, 0.2) is 5.69 Å². The van der Waals surface area contributed by atoms with E-state index in [2.05, 4.69) is 5.32 Å². The Morgan fingerprint density at radius 3 is 2.61 bits per heavy atom. The van der Waals surface area contributed by atoms with E-state index in [4.69, 9.17) is 5.11 Å². The molecule has 7 heteroatoms. The van der Waals surface area contributed by atoms with Crippen LogP contribution in [0, 0.1) is 15.5 Å². The van der Waals surface area contributed by atoms with Gasteiger partial charge in [-0.2, -0.15) is 0 Å². The zero-order chi connectivity index (χ0) is 13.9. The summed E-state index contributed by atoms with van der Waals surface area (Å²) in [4.78, 5) is 21.9.